The zero-order chi connectivity index (χ0) is 9.14. The zero-order valence-corrected chi connectivity index (χ0v) is 10.2. The molecule has 0 radical (unpaired) electrons. The zero-order valence-electron chi connectivity index (χ0n) is 6.47. The van der Waals surface area contributed by atoms with E-state index in [0.29, 0.717) is 0 Å². The van der Waals surface area contributed by atoms with E-state index >= 15 is 0 Å². The first-order valence-corrected chi connectivity index (χ1v) is 5.19. The molecule has 0 amide bonds. The van der Waals surface area contributed by atoms with Crippen LogP contribution in [-0.4, -0.2) is 12.2 Å². The summed E-state index contributed by atoms with van der Waals surface area (Å²) in [6.45, 7) is 0.0436. The molecule has 1 aromatic rings. The molecular weight excluding hydrogens is 335 g/mol. The van der Waals surface area contributed by atoms with Crippen molar-refractivity contribution in [3.8, 4) is 5.75 Å². The Bertz CT molecular complexity index is 289. The number of aliphatic hydroxyl groups is 1. The van der Waals surface area contributed by atoms with Crippen molar-refractivity contribution in [1.82, 2.24) is 0 Å². The van der Waals surface area contributed by atoms with E-state index in [-0.39, 0.29) is 6.61 Å². The Balaban J connectivity index is 3.24. The molecule has 0 aliphatic heterocycles. The summed E-state index contributed by atoms with van der Waals surface area (Å²) in [5.74, 6) is 0.780. The number of rotatable bonds is 2. The lowest BCUT2D eigenvalue weighted by Crippen LogP contribution is -1.94. The minimum Gasteiger partial charge on any atom is -0.494 e. The topological polar surface area (TPSA) is 29.5 Å². The Morgan fingerprint density at radius 2 is 2.25 bits per heavy atom. The van der Waals surface area contributed by atoms with Gasteiger partial charge in [0.25, 0.3) is 0 Å². The Kier molecular flexibility index (Phi) is 3.79. The molecule has 0 aromatic heterocycles. The van der Waals surface area contributed by atoms with Gasteiger partial charge in [0.2, 0.25) is 0 Å². The molecule has 0 saturated carbocycles. The summed E-state index contributed by atoms with van der Waals surface area (Å²) in [7, 11) is 1.61. The second-order valence-electron chi connectivity index (χ2n) is 2.21. The number of benzene rings is 1. The van der Waals surface area contributed by atoms with Gasteiger partial charge in [-0.15, -0.1) is 0 Å². The van der Waals surface area contributed by atoms with Crippen molar-refractivity contribution in [3.63, 3.8) is 0 Å². The molecule has 0 aliphatic carbocycles. The highest BCUT2D eigenvalue weighted by molar-refractivity contribution is 14.1. The van der Waals surface area contributed by atoms with E-state index in [4.69, 9.17) is 9.84 Å². The van der Waals surface area contributed by atoms with Crippen molar-refractivity contribution < 1.29 is 9.84 Å². The van der Waals surface area contributed by atoms with Gasteiger partial charge in [0.05, 0.1) is 21.8 Å². The van der Waals surface area contributed by atoms with Gasteiger partial charge in [-0.25, -0.2) is 0 Å². The molecule has 0 spiro atoms. The third kappa shape index (κ3) is 1.92. The standard InChI is InChI=1S/C8H8BrIO2/c1-12-8-6(9)3-2-5(4-11)7(8)10/h2-3,11H,4H2,1H3. The van der Waals surface area contributed by atoms with Crippen LogP contribution in [0.3, 0.4) is 0 Å². The number of hydrogen-bond donors (Lipinski definition) is 1. The fourth-order valence-corrected chi connectivity index (χ4v) is 2.61. The molecule has 0 heterocycles. The minimum atomic E-state index is 0.0436. The van der Waals surface area contributed by atoms with Gasteiger partial charge >= 0.3 is 0 Å². The predicted octanol–water partition coefficient (Wildman–Crippen LogP) is 2.55. The van der Waals surface area contributed by atoms with Crippen LogP contribution in [0.25, 0.3) is 0 Å². The number of ether oxygens (including phenoxy) is 1. The average Bonchev–Trinajstić information content (AvgIpc) is 2.06. The highest BCUT2D eigenvalue weighted by Gasteiger charge is 2.08. The van der Waals surface area contributed by atoms with E-state index in [0.717, 1.165) is 19.4 Å². The fourth-order valence-electron chi connectivity index (χ4n) is 0.882. The largest absolute Gasteiger partial charge is 0.494 e. The number of halogens is 2. The van der Waals surface area contributed by atoms with E-state index in [9.17, 15) is 0 Å². The van der Waals surface area contributed by atoms with Crippen LogP contribution in [0.15, 0.2) is 16.6 Å². The van der Waals surface area contributed by atoms with Crippen LogP contribution in [0.5, 0.6) is 5.75 Å². The Morgan fingerprint density at radius 1 is 1.58 bits per heavy atom. The average molecular weight is 343 g/mol. The van der Waals surface area contributed by atoms with Gasteiger partial charge in [-0.3, -0.25) is 0 Å². The molecular formula is C8H8BrIO2. The van der Waals surface area contributed by atoms with Crippen molar-refractivity contribution in [2.75, 3.05) is 7.11 Å². The van der Waals surface area contributed by atoms with Crippen molar-refractivity contribution >= 4 is 38.5 Å². The molecule has 12 heavy (non-hydrogen) atoms. The van der Waals surface area contributed by atoms with Gasteiger partial charge in [0, 0.05) is 0 Å². The van der Waals surface area contributed by atoms with Crippen LogP contribution < -0.4 is 4.74 Å². The first-order chi connectivity index (χ1) is 5.70. The maximum atomic E-state index is 8.95. The molecule has 2 nitrogen and oxygen atoms in total. The summed E-state index contributed by atoms with van der Waals surface area (Å²) in [4.78, 5) is 0. The molecule has 0 saturated heterocycles. The van der Waals surface area contributed by atoms with E-state index in [2.05, 4.69) is 38.5 Å². The number of hydrogen-bond acceptors (Lipinski definition) is 2. The van der Waals surface area contributed by atoms with Crippen LogP contribution in [0, 0.1) is 3.57 Å². The normalized spacial score (nSPS) is 10.0. The van der Waals surface area contributed by atoms with E-state index in [1.54, 1.807) is 7.11 Å². The highest BCUT2D eigenvalue weighted by atomic mass is 127. The molecule has 0 fully saturated rings. The summed E-state index contributed by atoms with van der Waals surface area (Å²) in [6.07, 6.45) is 0. The second-order valence-corrected chi connectivity index (χ2v) is 4.14. The van der Waals surface area contributed by atoms with E-state index in [1.807, 2.05) is 12.1 Å². The maximum absolute atomic E-state index is 8.95. The molecule has 1 rings (SSSR count). The van der Waals surface area contributed by atoms with Crippen LogP contribution in [0.1, 0.15) is 5.56 Å². The van der Waals surface area contributed by atoms with Gasteiger partial charge in [-0.05, 0) is 50.2 Å². The summed E-state index contributed by atoms with van der Waals surface area (Å²) < 4.78 is 7.01. The van der Waals surface area contributed by atoms with Crippen molar-refractivity contribution in [1.29, 1.82) is 0 Å². The lowest BCUT2D eigenvalue weighted by atomic mass is 10.2. The predicted molar refractivity (Wildman–Crippen MR) is 59.3 cm³/mol. The highest BCUT2D eigenvalue weighted by Crippen LogP contribution is 2.32. The number of aliphatic hydroxyl groups excluding tert-OH is 1. The smallest absolute Gasteiger partial charge is 0.146 e. The fraction of sp³-hybridized carbons (Fsp3) is 0.250. The van der Waals surface area contributed by atoms with Gasteiger partial charge in [-0.1, -0.05) is 6.07 Å². The van der Waals surface area contributed by atoms with Crippen LogP contribution in [0.4, 0.5) is 0 Å². The quantitative estimate of drug-likeness (QED) is 0.837. The van der Waals surface area contributed by atoms with Gasteiger partial charge < -0.3 is 9.84 Å². The third-order valence-corrected chi connectivity index (χ3v) is 3.31. The molecule has 66 valence electrons. The maximum Gasteiger partial charge on any atom is 0.146 e. The SMILES string of the molecule is COc1c(Br)ccc(CO)c1I. The molecule has 0 atom stereocenters. The first-order valence-electron chi connectivity index (χ1n) is 3.32. The third-order valence-electron chi connectivity index (χ3n) is 1.50. The van der Waals surface area contributed by atoms with Crippen LogP contribution in [0.2, 0.25) is 0 Å². The van der Waals surface area contributed by atoms with Crippen molar-refractivity contribution in [3.05, 3.63) is 25.7 Å². The molecule has 1 N–H and O–H groups in total. The monoisotopic (exact) mass is 342 g/mol. The van der Waals surface area contributed by atoms with Gasteiger partial charge in [0.1, 0.15) is 5.75 Å². The summed E-state index contributed by atoms with van der Waals surface area (Å²) >= 11 is 5.51. The van der Waals surface area contributed by atoms with Gasteiger partial charge in [0.15, 0.2) is 0 Å². The minimum absolute atomic E-state index is 0.0436. The second kappa shape index (κ2) is 4.43. The Morgan fingerprint density at radius 3 is 2.75 bits per heavy atom. The lowest BCUT2D eigenvalue weighted by Gasteiger charge is -2.08. The Labute approximate surface area is 93.2 Å². The van der Waals surface area contributed by atoms with Crippen molar-refractivity contribution in [2.24, 2.45) is 0 Å². The van der Waals surface area contributed by atoms with Crippen LogP contribution in [-0.2, 0) is 6.61 Å². The van der Waals surface area contributed by atoms with Crippen molar-refractivity contribution in [2.45, 2.75) is 6.61 Å². The van der Waals surface area contributed by atoms with Crippen LogP contribution >= 0.6 is 38.5 Å². The molecule has 0 bridgehead atoms. The van der Waals surface area contributed by atoms with E-state index < -0.39 is 0 Å². The summed E-state index contributed by atoms with van der Waals surface area (Å²) in [5.41, 5.74) is 0.885. The summed E-state index contributed by atoms with van der Waals surface area (Å²) in [5, 5.41) is 8.95. The summed E-state index contributed by atoms with van der Waals surface area (Å²) in [6, 6.07) is 3.74. The Hall–Kier alpha value is 0.190. The molecule has 1 aromatic carbocycles. The first kappa shape index (κ1) is 10.3. The van der Waals surface area contributed by atoms with Gasteiger partial charge in [-0.2, -0.15) is 0 Å². The molecule has 0 aliphatic rings. The van der Waals surface area contributed by atoms with E-state index in [1.165, 1.54) is 0 Å². The molecule has 4 heteroatoms. The molecule has 0 unspecified atom stereocenters. The lowest BCUT2D eigenvalue weighted by molar-refractivity contribution is 0.280. The number of methoxy groups -OCH3 is 1.